The van der Waals surface area contributed by atoms with E-state index in [1.165, 1.54) is 5.69 Å². The molecule has 2 unspecified atom stereocenters. The van der Waals surface area contributed by atoms with Gasteiger partial charge in [0.15, 0.2) is 0 Å². The van der Waals surface area contributed by atoms with Gasteiger partial charge < -0.3 is 10.1 Å². The number of aryl methyl sites for hydroxylation is 2. The summed E-state index contributed by atoms with van der Waals surface area (Å²) in [6.07, 6.45) is 5.23. The minimum absolute atomic E-state index is 0.551. The number of nitrogens with one attached hydrogen (secondary N) is 1. The highest BCUT2D eigenvalue weighted by atomic mass is 16.5. The quantitative estimate of drug-likeness (QED) is 0.749. The lowest BCUT2D eigenvalue weighted by Crippen LogP contribution is -2.29. The highest BCUT2D eigenvalue weighted by Gasteiger charge is 2.12. The lowest BCUT2D eigenvalue weighted by Gasteiger charge is -2.20. The standard InChI is InChI=1S/C13H25N3O/c1-11(10-17-4)9-12(14-2)5-6-13-7-8-15-16(13)3/h7-8,11-12,14H,5-6,9-10H2,1-4H3. The van der Waals surface area contributed by atoms with E-state index in [9.17, 15) is 0 Å². The Morgan fingerprint density at radius 3 is 2.82 bits per heavy atom. The maximum atomic E-state index is 5.18. The summed E-state index contributed by atoms with van der Waals surface area (Å²) >= 11 is 0. The van der Waals surface area contributed by atoms with Gasteiger partial charge in [-0.05, 0) is 38.3 Å². The SMILES string of the molecule is CNC(CCc1ccnn1C)CC(C)COC. The molecule has 2 atom stereocenters. The third-order valence-electron chi connectivity index (χ3n) is 3.22. The molecule has 0 spiro atoms. The van der Waals surface area contributed by atoms with Crippen molar-refractivity contribution in [2.24, 2.45) is 13.0 Å². The minimum atomic E-state index is 0.551. The molecule has 0 aliphatic carbocycles. The van der Waals surface area contributed by atoms with Crippen LogP contribution in [-0.2, 0) is 18.2 Å². The molecule has 0 aliphatic rings. The zero-order chi connectivity index (χ0) is 12.7. The molecule has 1 heterocycles. The Bertz CT molecular complexity index is 311. The highest BCUT2D eigenvalue weighted by molar-refractivity contribution is 5.00. The third kappa shape index (κ3) is 4.88. The Labute approximate surface area is 104 Å². The second kappa shape index (κ2) is 7.45. The van der Waals surface area contributed by atoms with Gasteiger partial charge in [-0.25, -0.2) is 0 Å². The smallest absolute Gasteiger partial charge is 0.0492 e. The van der Waals surface area contributed by atoms with Gasteiger partial charge in [-0.3, -0.25) is 4.68 Å². The van der Waals surface area contributed by atoms with Crippen LogP contribution >= 0.6 is 0 Å². The van der Waals surface area contributed by atoms with Crippen molar-refractivity contribution in [1.29, 1.82) is 0 Å². The van der Waals surface area contributed by atoms with Crippen LogP contribution in [0, 0.1) is 5.92 Å². The van der Waals surface area contributed by atoms with Crippen molar-refractivity contribution in [1.82, 2.24) is 15.1 Å². The van der Waals surface area contributed by atoms with Gasteiger partial charge in [-0.2, -0.15) is 5.10 Å². The molecule has 98 valence electrons. The van der Waals surface area contributed by atoms with Crippen LogP contribution < -0.4 is 5.32 Å². The van der Waals surface area contributed by atoms with Gasteiger partial charge in [0, 0.05) is 38.7 Å². The largest absolute Gasteiger partial charge is 0.384 e. The summed E-state index contributed by atoms with van der Waals surface area (Å²) in [6.45, 7) is 3.07. The fourth-order valence-electron chi connectivity index (χ4n) is 2.19. The van der Waals surface area contributed by atoms with Crippen LogP contribution in [0.2, 0.25) is 0 Å². The Morgan fingerprint density at radius 1 is 1.53 bits per heavy atom. The summed E-state index contributed by atoms with van der Waals surface area (Å²) in [7, 11) is 5.80. The lowest BCUT2D eigenvalue weighted by atomic mass is 9.98. The first kappa shape index (κ1) is 14.2. The van der Waals surface area contributed by atoms with E-state index in [2.05, 4.69) is 23.4 Å². The van der Waals surface area contributed by atoms with Gasteiger partial charge in [0.05, 0.1) is 0 Å². The molecule has 17 heavy (non-hydrogen) atoms. The van der Waals surface area contributed by atoms with Crippen LogP contribution in [0.5, 0.6) is 0 Å². The summed E-state index contributed by atoms with van der Waals surface area (Å²) in [6, 6.07) is 2.64. The van der Waals surface area contributed by atoms with E-state index in [-0.39, 0.29) is 0 Å². The van der Waals surface area contributed by atoms with Crippen molar-refractivity contribution in [3.05, 3.63) is 18.0 Å². The molecule has 0 amide bonds. The van der Waals surface area contributed by atoms with Crippen LogP contribution in [0.4, 0.5) is 0 Å². The van der Waals surface area contributed by atoms with Crippen molar-refractivity contribution >= 4 is 0 Å². The van der Waals surface area contributed by atoms with Crippen LogP contribution in [0.25, 0.3) is 0 Å². The number of aromatic nitrogens is 2. The summed E-state index contributed by atoms with van der Waals surface area (Å²) in [5.41, 5.74) is 1.30. The van der Waals surface area contributed by atoms with E-state index in [0.717, 1.165) is 25.9 Å². The zero-order valence-corrected chi connectivity index (χ0v) is 11.4. The Hall–Kier alpha value is -0.870. The van der Waals surface area contributed by atoms with Crippen molar-refractivity contribution in [2.75, 3.05) is 20.8 Å². The summed E-state index contributed by atoms with van der Waals surface area (Å²) in [5.74, 6) is 0.601. The maximum absolute atomic E-state index is 5.18. The Balaban J connectivity index is 2.34. The maximum Gasteiger partial charge on any atom is 0.0492 e. The van der Waals surface area contributed by atoms with Crippen LogP contribution in [0.15, 0.2) is 12.3 Å². The molecule has 0 saturated heterocycles. The first-order valence-electron chi connectivity index (χ1n) is 6.30. The van der Waals surface area contributed by atoms with Crippen LogP contribution in [0.3, 0.4) is 0 Å². The highest BCUT2D eigenvalue weighted by Crippen LogP contribution is 2.12. The predicted octanol–water partition coefficient (Wildman–Crippen LogP) is 1.61. The second-order valence-corrected chi connectivity index (χ2v) is 4.77. The molecule has 1 rings (SSSR count). The van der Waals surface area contributed by atoms with E-state index < -0.39 is 0 Å². The van der Waals surface area contributed by atoms with Crippen molar-refractivity contribution in [3.8, 4) is 0 Å². The molecule has 4 nitrogen and oxygen atoms in total. The second-order valence-electron chi connectivity index (χ2n) is 4.77. The van der Waals surface area contributed by atoms with Gasteiger partial charge in [0.25, 0.3) is 0 Å². The number of hydrogen-bond acceptors (Lipinski definition) is 3. The lowest BCUT2D eigenvalue weighted by molar-refractivity contribution is 0.149. The summed E-state index contributed by atoms with van der Waals surface area (Å²) in [4.78, 5) is 0. The molecule has 0 saturated carbocycles. The molecule has 0 aliphatic heterocycles. The molecule has 0 bridgehead atoms. The number of methoxy groups -OCH3 is 1. The summed E-state index contributed by atoms with van der Waals surface area (Å²) < 4.78 is 7.13. The fourth-order valence-corrected chi connectivity index (χ4v) is 2.19. The van der Waals surface area contributed by atoms with E-state index in [4.69, 9.17) is 4.74 Å². The topological polar surface area (TPSA) is 39.1 Å². The normalized spacial score (nSPS) is 14.8. The van der Waals surface area contributed by atoms with Crippen molar-refractivity contribution in [3.63, 3.8) is 0 Å². The molecule has 1 aromatic rings. The Morgan fingerprint density at radius 2 is 2.29 bits per heavy atom. The van der Waals surface area contributed by atoms with E-state index in [1.807, 2.05) is 25.0 Å². The molecule has 4 heteroatoms. The third-order valence-corrected chi connectivity index (χ3v) is 3.22. The molecule has 1 N–H and O–H groups in total. The van der Waals surface area contributed by atoms with E-state index in [1.54, 1.807) is 7.11 Å². The average molecular weight is 239 g/mol. The van der Waals surface area contributed by atoms with Gasteiger partial charge in [0.2, 0.25) is 0 Å². The first-order chi connectivity index (χ1) is 8.17. The predicted molar refractivity (Wildman–Crippen MR) is 70.0 cm³/mol. The average Bonchev–Trinajstić information content (AvgIpc) is 2.70. The van der Waals surface area contributed by atoms with Crippen LogP contribution in [-0.4, -0.2) is 36.6 Å². The number of ether oxygens (including phenoxy) is 1. The molecule has 0 aromatic carbocycles. The fraction of sp³-hybridized carbons (Fsp3) is 0.769. The minimum Gasteiger partial charge on any atom is -0.384 e. The molecular weight excluding hydrogens is 214 g/mol. The van der Waals surface area contributed by atoms with Crippen molar-refractivity contribution < 1.29 is 4.74 Å². The molecular formula is C13H25N3O. The van der Waals surface area contributed by atoms with Gasteiger partial charge in [0.1, 0.15) is 0 Å². The van der Waals surface area contributed by atoms with E-state index in [0.29, 0.717) is 12.0 Å². The first-order valence-corrected chi connectivity index (χ1v) is 6.30. The van der Waals surface area contributed by atoms with Crippen molar-refractivity contribution in [2.45, 2.75) is 32.2 Å². The van der Waals surface area contributed by atoms with Crippen LogP contribution in [0.1, 0.15) is 25.5 Å². The molecule has 0 radical (unpaired) electrons. The number of nitrogens with zero attached hydrogens (tertiary/aromatic N) is 2. The van der Waals surface area contributed by atoms with E-state index >= 15 is 0 Å². The van der Waals surface area contributed by atoms with Gasteiger partial charge in [-0.1, -0.05) is 6.92 Å². The monoisotopic (exact) mass is 239 g/mol. The Kier molecular flexibility index (Phi) is 6.22. The van der Waals surface area contributed by atoms with Gasteiger partial charge >= 0.3 is 0 Å². The number of hydrogen-bond donors (Lipinski definition) is 1. The molecule has 1 aromatic heterocycles. The number of rotatable bonds is 8. The summed E-state index contributed by atoms with van der Waals surface area (Å²) in [5, 5.41) is 7.58. The molecule has 0 fully saturated rings. The van der Waals surface area contributed by atoms with Gasteiger partial charge in [-0.15, -0.1) is 0 Å². The zero-order valence-electron chi connectivity index (χ0n) is 11.4.